The Labute approximate surface area is 135 Å². The maximum Gasteiger partial charge on any atom is 0.295 e. The lowest BCUT2D eigenvalue weighted by atomic mass is 10.0. The average molecular weight is 314 g/mol. The monoisotopic (exact) mass is 314 g/mol. The largest absolute Gasteiger partial charge is 0.372 e. The Hall–Kier alpha value is -2.14. The van der Waals surface area contributed by atoms with Crippen molar-refractivity contribution in [3.63, 3.8) is 0 Å². The quantitative estimate of drug-likeness (QED) is 0.631. The SMILES string of the molecule is Cc1c(C(=O)C(=O)N2C[C@@H](C)O[C@H](C)C2)c2ccccc2n1C. The summed E-state index contributed by atoms with van der Waals surface area (Å²) in [5, 5.41) is 0.834. The second-order valence-electron chi connectivity index (χ2n) is 6.33. The highest BCUT2D eigenvalue weighted by atomic mass is 16.5. The number of hydrogen-bond donors (Lipinski definition) is 0. The summed E-state index contributed by atoms with van der Waals surface area (Å²) in [6.45, 7) is 6.63. The lowest BCUT2D eigenvalue weighted by Gasteiger charge is -2.34. The molecule has 5 nitrogen and oxygen atoms in total. The summed E-state index contributed by atoms with van der Waals surface area (Å²) in [6, 6.07) is 7.68. The molecule has 1 aliphatic rings. The van der Waals surface area contributed by atoms with Crippen molar-refractivity contribution in [2.75, 3.05) is 13.1 Å². The van der Waals surface area contributed by atoms with Crippen LogP contribution < -0.4 is 0 Å². The van der Waals surface area contributed by atoms with Crippen molar-refractivity contribution in [2.45, 2.75) is 33.0 Å². The molecular formula is C18H22N2O3. The van der Waals surface area contributed by atoms with Crippen LogP contribution in [0.2, 0.25) is 0 Å². The topological polar surface area (TPSA) is 51.5 Å². The molecule has 1 aliphatic heterocycles. The summed E-state index contributed by atoms with van der Waals surface area (Å²) in [5.41, 5.74) is 2.30. The van der Waals surface area contributed by atoms with Crippen molar-refractivity contribution in [1.29, 1.82) is 0 Å². The van der Waals surface area contributed by atoms with Gasteiger partial charge in [0.1, 0.15) is 0 Å². The third-order valence-electron chi connectivity index (χ3n) is 4.53. The van der Waals surface area contributed by atoms with Crippen LogP contribution in [0.15, 0.2) is 24.3 Å². The first kappa shape index (κ1) is 15.7. The van der Waals surface area contributed by atoms with Gasteiger partial charge in [0.05, 0.1) is 17.8 Å². The molecule has 1 saturated heterocycles. The van der Waals surface area contributed by atoms with Gasteiger partial charge in [-0.2, -0.15) is 0 Å². The molecule has 0 aliphatic carbocycles. The molecule has 1 aromatic heterocycles. The standard InChI is InChI=1S/C18H22N2O3/c1-11-9-20(10-12(2)23-11)18(22)17(21)16-13(3)19(4)15-8-6-5-7-14(15)16/h5-8,11-12H,9-10H2,1-4H3/t11-,12-/m1/s1. The van der Waals surface area contributed by atoms with Crippen LogP contribution in [0.4, 0.5) is 0 Å². The number of aryl methyl sites for hydroxylation is 1. The van der Waals surface area contributed by atoms with E-state index in [0.717, 1.165) is 16.6 Å². The van der Waals surface area contributed by atoms with Crippen LogP contribution in [0.5, 0.6) is 0 Å². The highest BCUT2D eigenvalue weighted by Gasteiger charge is 2.32. The molecule has 122 valence electrons. The number of carbonyl (C=O) groups excluding carboxylic acids is 2. The fourth-order valence-corrected chi connectivity index (χ4v) is 3.40. The Morgan fingerprint density at radius 3 is 2.39 bits per heavy atom. The predicted molar refractivity (Wildman–Crippen MR) is 88.6 cm³/mol. The lowest BCUT2D eigenvalue weighted by molar-refractivity contribution is -0.138. The Balaban J connectivity index is 1.97. The summed E-state index contributed by atoms with van der Waals surface area (Å²) in [6.07, 6.45) is -0.103. The van der Waals surface area contributed by atoms with Crippen molar-refractivity contribution in [1.82, 2.24) is 9.47 Å². The number of hydrogen-bond acceptors (Lipinski definition) is 3. The van der Waals surface area contributed by atoms with E-state index < -0.39 is 11.7 Å². The molecule has 1 aromatic carbocycles. The minimum Gasteiger partial charge on any atom is -0.372 e. The van der Waals surface area contributed by atoms with E-state index in [-0.39, 0.29) is 12.2 Å². The zero-order valence-electron chi connectivity index (χ0n) is 14.0. The number of nitrogens with zero attached hydrogens (tertiary/aromatic N) is 2. The zero-order chi connectivity index (χ0) is 16.7. The highest BCUT2D eigenvalue weighted by Crippen LogP contribution is 2.26. The van der Waals surface area contributed by atoms with E-state index >= 15 is 0 Å². The fourth-order valence-electron chi connectivity index (χ4n) is 3.40. The van der Waals surface area contributed by atoms with Gasteiger partial charge in [0.15, 0.2) is 0 Å². The van der Waals surface area contributed by atoms with Crippen LogP contribution in [0.25, 0.3) is 10.9 Å². The molecule has 2 atom stereocenters. The number of carbonyl (C=O) groups is 2. The number of fused-ring (bicyclic) bond motifs is 1. The maximum atomic E-state index is 12.9. The highest BCUT2D eigenvalue weighted by molar-refractivity contribution is 6.45. The van der Waals surface area contributed by atoms with E-state index in [9.17, 15) is 9.59 Å². The molecule has 0 radical (unpaired) electrons. The van der Waals surface area contributed by atoms with Crippen LogP contribution in [-0.4, -0.2) is 46.5 Å². The van der Waals surface area contributed by atoms with Crippen LogP contribution in [-0.2, 0) is 16.6 Å². The number of amides is 1. The average Bonchev–Trinajstić information content (AvgIpc) is 2.77. The van der Waals surface area contributed by atoms with Gasteiger partial charge in [0.25, 0.3) is 11.7 Å². The molecule has 0 saturated carbocycles. The van der Waals surface area contributed by atoms with E-state index in [1.807, 2.05) is 56.7 Å². The number of Topliss-reactive ketones (excluding diaryl/α,β-unsaturated/α-hetero) is 1. The van der Waals surface area contributed by atoms with E-state index in [4.69, 9.17) is 4.74 Å². The van der Waals surface area contributed by atoms with Crippen molar-refractivity contribution in [3.05, 3.63) is 35.5 Å². The van der Waals surface area contributed by atoms with Crippen molar-refractivity contribution >= 4 is 22.6 Å². The molecule has 23 heavy (non-hydrogen) atoms. The Morgan fingerprint density at radius 1 is 1.13 bits per heavy atom. The second kappa shape index (κ2) is 5.81. The lowest BCUT2D eigenvalue weighted by Crippen LogP contribution is -2.50. The Morgan fingerprint density at radius 2 is 1.74 bits per heavy atom. The zero-order valence-corrected chi connectivity index (χ0v) is 14.0. The number of para-hydroxylation sites is 1. The number of morpholine rings is 1. The normalized spacial score (nSPS) is 21.7. The summed E-state index contributed by atoms with van der Waals surface area (Å²) in [7, 11) is 1.91. The number of aromatic nitrogens is 1. The minimum atomic E-state index is -0.438. The first-order valence-corrected chi connectivity index (χ1v) is 7.93. The molecule has 1 fully saturated rings. The predicted octanol–water partition coefficient (Wildman–Crippen LogP) is 2.31. The maximum absolute atomic E-state index is 12.9. The number of rotatable bonds is 2. The van der Waals surface area contributed by atoms with E-state index in [1.54, 1.807) is 4.90 Å². The van der Waals surface area contributed by atoms with Gasteiger partial charge >= 0.3 is 0 Å². The molecule has 1 amide bonds. The summed E-state index contributed by atoms with van der Waals surface area (Å²) < 4.78 is 7.60. The van der Waals surface area contributed by atoms with Crippen LogP contribution >= 0.6 is 0 Å². The first-order valence-electron chi connectivity index (χ1n) is 7.93. The molecule has 0 spiro atoms. The smallest absolute Gasteiger partial charge is 0.295 e. The third kappa shape index (κ3) is 2.65. The van der Waals surface area contributed by atoms with E-state index in [1.165, 1.54) is 0 Å². The molecule has 2 heterocycles. The van der Waals surface area contributed by atoms with Gasteiger partial charge in [-0.15, -0.1) is 0 Å². The minimum absolute atomic E-state index is 0.0517. The van der Waals surface area contributed by atoms with Crippen LogP contribution in [0.1, 0.15) is 29.9 Å². The molecule has 0 bridgehead atoms. The number of ketones is 1. The van der Waals surface area contributed by atoms with Gasteiger partial charge in [-0.3, -0.25) is 9.59 Å². The molecule has 0 unspecified atom stereocenters. The molecular weight excluding hydrogens is 292 g/mol. The molecule has 0 N–H and O–H groups in total. The first-order chi connectivity index (χ1) is 10.9. The van der Waals surface area contributed by atoms with Gasteiger partial charge in [-0.1, -0.05) is 18.2 Å². The van der Waals surface area contributed by atoms with Crippen molar-refractivity contribution in [2.24, 2.45) is 7.05 Å². The number of benzene rings is 1. The van der Waals surface area contributed by atoms with Gasteiger partial charge in [0, 0.05) is 36.7 Å². The number of ether oxygens (including phenoxy) is 1. The third-order valence-corrected chi connectivity index (χ3v) is 4.53. The molecule has 5 heteroatoms. The van der Waals surface area contributed by atoms with Gasteiger partial charge in [-0.25, -0.2) is 0 Å². The van der Waals surface area contributed by atoms with Gasteiger partial charge in [0.2, 0.25) is 0 Å². The second-order valence-corrected chi connectivity index (χ2v) is 6.33. The van der Waals surface area contributed by atoms with Gasteiger partial charge < -0.3 is 14.2 Å². The molecule has 3 rings (SSSR count). The summed E-state index contributed by atoms with van der Waals surface area (Å²) in [5.74, 6) is -0.868. The van der Waals surface area contributed by atoms with Crippen molar-refractivity contribution < 1.29 is 14.3 Å². The molecule has 2 aromatic rings. The van der Waals surface area contributed by atoms with Gasteiger partial charge in [-0.05, 0) is 26.8 Å². The Bertz CT molecular complexity index is 768. The van der Waals surface area contributed by atoms with Crippen LogP contribution in [0.3, 0.4) is 0 Å². The Kier molecular flexibility index (Phi) is 3.98. The van der Waals surface area contributed by atoms with E-state index in [0.29, 0.717) is 18.7 Å². The van der Waals surface area contributed by atoms with E-state index in [2.05, 4.69) is 0 Å². The summed E-state index contributed by atoms with van der Waals surface area (Å²) >= 11 is 0. The fraction of sp³-hybridized carbons (Fsp3) is 0.444. The van der Waals surface area contributed by atoms with Crippen LogP contribution in [0, 0.1) is 6.92 Å². The summed E-state index contributed by atoms with van der Waals surface area (Å²) in [4.78, 5) is 27.2. The van der Waals surface area contributed by atoms with Crippen molar-refractivity contribution in [3.8, 4) is 0 Å².